The molecule has 34 heavy (non-hydrogen) atoms. The number of carbonyl (C=O) groups excluding carboxylic acids is 1. The largest absolute Gasteiger partial charge is 0.497 e. The lowest BCUT2D eigenvalue weighted by Gasteiger charge is -2.09. The van der Waals surface area contributed by atoms with Crippen LogP contribution in [0.3, 0.4) is 0 Å². The van der Waals surface area contributed by atoms with Gasteiger partial charge in [-0.3, -0.25) is 14.6 Å². The number of aryl methyl sites for hydroxylation is 1. The highest BCUT2D eigenvalue weighted by molar-refractivity contribution is 7.21. The minimum atomic E-state index is -0.451. The summed E-state index contributed by atoms with van der Waals surface area (Å²) < 4.78 is 25.8. The van der Waals surface area contributed by atoms with Crippen LogP contribution in [0.15, 0.2) is 65.3 Å². The number of anilines is 2. The second kappa shape index (κ2) is 8.56. The van der Waals surface area contributed by atoms with E-state index < -0.39 is 5.91 Å². The zero-order chi connectivity index (χ0) is 23.8. The molecule has 0 spiro atoms. The summed E-state index contributed by atoms with van der Waals surface area (Å²) in [7, 11) is 3.27. The molecular formula is C24H19FN5O3S+. The van der Waals surface area contributed by atoms with E-state index in [9.17, 15) is 9.18 Å². The molecule has 3 aromatic heterocycles. The van der Waals surface area contributed by atoms with Crippen molar-refractivity contribution in [3.63, 3.8) is 0 Å². The van der Waals surface area contributed by atoms with Crippen molar-refractivity contribution in [2.24, 2.45) is 7.05 Å². The first kappa shape index (κ1) is 21.5. The number of amides is 1. The zero-order valence-electron chi connectivity index (χ0n) is 18.2. The standard InChI is InChI=1S/C24H18FN5O3S/c1-30-12-19(33-29-30)28-23(31)22-21(26)20-17(14-4-3-5-15(25)10-14)11-18(27-24(20)34-22)13-6-8-16(32-2)9-7-13/h3-12H,1-2H3,(H2-,26,28,29,31)/p+1. The molecule has 0 radical (unpaired) electrons. The Kier molecular flexibility index (Phi) is 5.42. The molecule has 0 unspecified atom stereocenters. The summed E-state index contributed by atoms with van der Waals surface area (Å²) >= 11 is 1.15. The van der Waals surface area contributed by atoms with Gasteiger partial charge in [0.2, 0.25) is 0 Å². The van der Waals surface area contributed by atoms with Crippen molar-refractivity contribution in [2.45, 2.75) is 0 Å². The van der Waals surface area contributed by atoms with Gasteiger partial charge in [-0.25, -0.2) is 9.37 Å². The van der Waals surface area contributed by atoms with Gasteiger partial charge in [0.1, 0.15) is 21.3 Å². The quantitative estimate of drug-likeness (QED) is 0.364. The maximum atomic E-state index is 14.1. The van der Waals surface area contributed by atoms with Crippen LogP contribution in [0, 0.1) is 5.82 Å². The molecule has 0 atom stereocenters. The Bertz CT molecular complexity index is 1530. The fraction of sp³-hybridized carbons (Fsp3) is 0.0833. The summed E-state index contributed by atoms with van der Waals surface area (Å²) in [5.41, 5.74) is 9.51. The molecule has 1 amide bonds. The smallest absolute Gasteiger partial charge is 0.302 e. The van der Waals surface area contributed by atoms with Gasteiger partial charge in [0.05, 0.1) is 18.5 Å². The Morgan fingerprint density at radius 2 is 1.97 bits per heavy atom. The molecule has 3 N–H and O–H groups in total. The highest BCUT2D eigenvalue weighted by Gasteiger charge is 2.23. The van der Waals surface area contributed by atoms with E-state index in [1.165, 1.54) is 23.0 Å². The van der Waals surface area contributed by atoms with Crippen LogP contribution in [0.25, 0.3) is 32.6 Å². The first-order valence-corrected chi connectivity index (χ1v) is 11.0. The van der Waals surface area contributed by atoms with Crippen molar-refractivity contribution < 1.29 is 23.1 Å². The van der Waals surface area contributed by atoms with E-state index in [2.05, 4.69) is 10.6 Å². The number of pyridine rings is 1. The van der Waals surface area contributed by atoms with Crippen LogP contribution in [0.1, 0.15) is 9.67 Å². The second-order valence-electron chi connectivity index (χ2n) is 7.51. The van der Waals surface area contributed by atoms with Crippen molar-refractivity contribution in [1.29, 1.82) is 0 Å². The number of carbonyl (C=O) groups is 1. The van der Waals surface area contributed by atoms with E-state index in [0.717, 1.165) is 22.6 Å². The third-order valence-corrected chi connectivity index (χ3v) is 6.33. The van der Waals surface area contributed by atoms with Crippen molar-refractivity contribution >= 4 is 39.0 Å². The van der Waals surface area contributed by atoms with Gasteiger partial charge in [-0.2, -0.15) is 0 Å². The van der Waals surface area contributed by atoms with E-state index in [0.29, 0.717) is 27.0 Å². The third-order valence-electron chi connectivity index (χ3n) is 5.24. The van der Waals surface area contributed by atoms with Crippen LogP contribution in [0.4, 0.5) is 16.0 Å². The maximum Gasteiger partial charge on any atom is 0.302 e. The summed E-state index contributed by atoms with van der Waals surface area (Å²) in [6, 6.07) is 15.5. The van der Waals surface area contributed by atoms with Gasteiger partial charge in [0.15, 0.2) is 12.3 Å². The van der Waals surface area contributed by atoms with Crippen LogP contribution < -0.4 is 20.5 Å². The molecule has 0 bridgehead atoms. The summed E-state index contributed by atoms with van der Waals surface area (Å²) in [5.74, 6) is 0.0729. The lowest BCUT2D eigenvalue weighted by Crippen LogP contribution is -2.28. The number of fused-ring (bicyclic) bond motifs is 1. The average molecular weight is 477 g/mol. The molecule has 0 aliphatic carbocycles. The molecule has 0 saturated carbocycles. The average Bonchev–Trinajstić information content (AvgIpc) is 3.41. The molecule has 170 valence electrons. The molecule has 2 aromatic carbocycles. The van der Waals surface area contributed by atoms with Crippen LogP contribution in [-0.4, -0.2) is 23.3 Å². The van der Waals surface area contributed by atoms with Gasteiger partial charge < -0.3 is 10.5 Å². The summed E-state index contributed by atoms with van der Waals surface area (Å²) in [5, 5.41) is 6.92. The monoisotopic (exact) mass is 476 g/mol. The number of hydrogen-bond donors (Lipinski definition) is 2. The summed E-state index contributed by atoms with van der Waals surface area (Å²) in [6.45, 7) is 0. The molecular weight excluding hydrogens is 457 g/mol. The molecule has 10 heteroatoms. The highest BCUT2D eigenvalue weighted by atomic mass is 32.1. The van der Waals surface area contributed by atoms with Crippen LogP contribution in [0.2, 0.25) is 0 Å². The van der Waals surface area contributed by atoms with Crippen molar-refractivity contribution in [1.82, 2.24) is 10.3 Å². The predicted molar refractivity (Wildman–Crippen MR) is 127 cm³/mol. The van der Waals surface area contributed by atoms with Crippen LogP contribution in [-0.2, 0) is 7.05 Å². The van der Waals surface area contributed by atoms with Crippen molar-refractivity contribution in [2.75, 3.05) is 18.2 Å². The number of ether oxygens (including phenoxy) is 1. The molecule has 0 fully saturated rings. The third kappa shape index (κ3) is 3.95. The first-order chi connectivity index (χ1) is 16.4. The van der Waals surface area contributed by atoms with Gasteiger partial charge >= 0.3 is 5.88 Å². The number of nitrogens with one attached hydrogen (secondary N) is 1. The number of hydrogen-bond acceptors (Lipinski definition) is 7. The number of benzene rings is 2. The van der Waals surface area contributed by atoms with Gasteiger partial charge in [-0.15, -0.1) is 11.3 Å². The molecule has 0 aliphatic heterocycles. The minimum absolute atomic E-state index is 0.182. The van der Waals surface area contributed by atoms with Gasteiger partial charge in [0.25, 0.3) is 12.1 Å². The normalized spacial score (nSPS) is 11.0. The molecule has 8 nitrogen and oxygen atoms in total. The first-order valence-electron chi connectivity index (χ1n) is 10.2. The Morgan fingerprint density at radius 3 is 2.65 bits per heavy atom. The molecule has 5 aromatic rings. The Labute approximate surface area is 197 Å². The molecule has 5 rings (SSSR count). The van der Waals surface area contributed by atoms with E-state index in [1.807, 2.05) is 30.3 Å². The molecule has 0 aliphatic rings. The predicted octanol–water partition coefficient (Wildman–Crippen LogP) is 4.43. The van der Waals surface area contributed by atoms with Gasteiger partial charge in [0, 0.05) is 10.9 Å². The fourth-order valence-corrected chi connectivity index (χ4v) is 4.65. The van der Waals surface area contributed by atoms with Gasteiger partial charge in [-0.05, 0) is 53.6 Å². The Balaban J connectivity index is 1.68. The number of methoxy groups -OCH3 is 1. The number of thiophene rings is 1. The topological polar surface area (TPSA) is 107 Å². The number of nitrogens with zero attached hydrogens (tertiary/aromatic N) is 3. The SMILES string of the molecule is COc1ccc(-c2cc(-c3cccc(F)c3)c3c(N)c(C(=O)Nc4c[n+](C)no4)sc3n2)cc1. The number of nitrogen functional groups attached to an aromatic ring is 1. The lowest BCUT2D eigenvalue weighted by molar-refractivity contribution is -0.739. The van der Waals surface area contributed by atoms with Crippen molar-refractivity contribution in [3.8, 4) is 28.1 Å². The van der Waals surface area contributed by atoms with Crippen molar-refractivity contribution in [3.05, 3.63) is 71.5 Å². The molecule has 3 heterocycles. The summed E-state index contributed by atoms with van der Waals surface area (Å²) in [4.78, 5) is 18.6. The van der Waals surface area contributed by atoms with Crippen LogP contribution >= 0.6 is 11.3 Å². The summed E-state index contributed by atoms with van der Waals surface area (Å²) in [6.07, 6.45) is 1.53. The number of rotatable bonds is 5. The zero-order valence-corrected chi connectivity index (χ0v) is 19.0. The number of aromatic nitrogens is 3. The Hall–Kier alpha value is -4.31. The highest BCUT2D eigenvalue weighted by Crippen LogP contribution is 2.41. The van der Waals surface area contributed by atoms with Gasteiger partial charge in [-0.1, -0.05) is 16.8 Å². The number of nitrogens with two attached hydrogens (primary N) is 1. The second-order valence-corrected chi connectivity index (χ2v) is 8.51. The minimum Gasteiger partial charge on any atom is -0.497 e. The lowest BCUT2D eigenvalue weighted by atomic mass is 9.99. The fourth-order valence-electron chi connectivity index (χ4n) is 3.63. The van der Waals surface area contributed by atoms with E-state index in [1.54, 1.807) is 26.3 Å². The molecule has 0 saturated heterocycles. The van der Waals surface area contributed by atoms with E-state index >= 15 is 0 Å². The van der Waals surface area contributed by atoms with Crippen LogP contribution in [0.5, 0.6) is 5.75 Å². The van der Waals surface area contributed by atoms with E-state index in [4.69, 9.17) is 20.0 Å². The Morgan fingerprint density at radius 1 is 1.18 bits per heavy atom. The number of halogens is 1. The maximum absolute atomic E-state index is 14.1. The van der Waals surface area contributed by atoms with E-state index in [-0.39, 0.29) is 22.3 Å².